The third kappa shape index (κ3) is 1.79. The zero-order valence-corrected chi connectivity index (χ0v) is 9.68. The predicted molar refractivity (Wildman–Crippen MR) is 52.4 cm³/mol. The second kappa shape index (κ2) is 4.60. The fourth-order valence-corrected chi connectivity index (χ4v) is 2.23. The molecule has 0 aromatic heterocycles. The van der Waals surface area contributed by atoms with E-state index in [9.17, 15) is 14.5 Å². The summed E-state index contributed by atoms with van der Waals surface area (Å²) < 4.78 is 28.4. The molecule has 7 heteroatoms. The molecule has 1 rings (SSSR count). The zero-order valence-electron chi connectivity index (χ0n) is 9.68. The number of ether oxygens (including phenoxy) is 3. The van der Waals surface area contributed by atoms with Crippen LogP contribution in [0.25, 0.3) is 0 Å². The van der Waals surface area contributed by atoms with E-state index in [1.807, 2.05) is 0 Å². The van der Waals surface area contributed by atoms with Crippen LogP contribution in [-0.2, 0) is 14.2 Å². The third-order valence-electron chi connectivity index (χ3n) is 3.06. The van der Waals surface area contributed by atoms with Crippen molar-refractivity contribution < 1.29 is 23.5 Å². The van der Waals surface area contributed by atoms with Crippen LogP contribution in [0.15, 0.2) is 0 Å². The maximum Gasteiger partial charge on any atom is 0.278 e. The Hall–Kier alpha value is -0.790. The highest BCUT2D eigenvalue weighted by Gasteiger charge is 2.63. The molecular weight excluding hydrogens is 221 g/mol. The summed E-state index contributed by atoms with van der Waals surface area (Å²) in [6.45, 7) is 2.84. The summed E-state index contributed by atoms with van der Waals surface area (Å²) in [5.41, 5.74) is -1.67. The molecule has 0 bridgehead atoms. The molecule has 0 radical (unpaired) electrons. The molecule has 0 spiro atoms. The van der Waals surface area contributed by atoms with Gasteiger partial charge in [0.15, 0.2) is 12.2 Å². The van der Waals surface area contributed by atoms with E-state index in [1.54, 1.807) is 0 Å². The van der Waals surface area contributed by atoms with Gasteiger partial charge in [-0.3, -0.25) is 10.1 Å². The van der Waals surface area contributed by atoms with E-state index < -0.39 is 35.1 Å². The van der Waals surface area contributed by atoms with Crippen LogP contribution in [0.5, 0.6) is 0 Å². The Morgan fingerprint density at radius 2 is 1.88 bits per heavy atom. The summed E-state index contributed by atoms with van der Waals surface area (Å²) >= 11 is 0. The second-order valence-corrected chi connectivity index (χ2v) is 3.99. The van der Waals surface area contributed by atoms with E-state index in [0.717, 1.165) is 0 Å². The Morgan fingerprint density at radius 1 is 1.38 bits per heavy atom. The summed E-state index contributed by atoms with van der Waals surface area (Å²) in [6.07, 6.45) is -4.69. The number of methoxy groups -OCH3 is 2. The van der Waals surface area contributed by atoms with Crippen LogP contribution >= 0.6 is 0 Å². The van der Waals surface area contributed by atoms with Gasteiger partial charge in [-0.2, -0.15) is 0 Å². The molecular formula is C9H16FNO5. The van der Waals surface area contributed by atoms with Crippen molar-refractivity contribution in [3.63, 3.8) is 0 Å². The summed E-state index contributed by atoms with van der Waals surface area (Å²) in [5.74, 6) is 0. The molecule has 0 aromatic rings. The molecule has 0 saturated carbocycles. The zero-order chi connectivity index (χ0) is 12.5. The number of rotatable bonds is 3. The molecule has 5 atom stereocenters. The van der Waals surface area contributed by atoms with E-state index in [4.69, 9.17) is 14.2 Å². The Bertz CT molecular complexity index is 259. The van der Waals surface area contributed by atoms with Crippen molar-refractivity contribution in [1.82, 2.24) is 0 Å². The standard InChI is InChI=1S/C9H16FNO5/c1-5-6(14-3)9(2,11(12)13)7(15-4)8(10)16-5/h5-8H,1-4H3/t5-,6-,7+,8-,9-/m0/s1. The number of halogens is 1. The highest BCUT2D eigenvalue weighted by atomic mass is 19.1. The van der Waals surface area contributed by atoms with E-state index in [-0.39, 0.29) is 0 Å². The van der Waals surface area contributed by atoms with Gasteiger partial charge in [-0.25, -0.2) is 4.39 Å². The number of hydrogen-bond acceptors (Lipinski definition) is 5. The molecule has 1 heterocycles. The molecule has 16 heavy (non-hydrogen) atoms. The van der Waals surface area contributed by atoms with E-state index in [2.05, 4.69) is 0 Å². The van der Waals surface area contributed by atoms with Crippen molar-refractivity contribution in [2.24, 2.45) is 0 Å². The topological polar surface area (TPSA) is 70.8 Å². The molecule has 94 valence electrons. The largest absolute Gasteiger partial charge is 0.371 e. The van der Waals surface area contributed by atoms with Crippen molar-refractivity contribution in [1.29, 1.82) is 0 Å². The van der Waals surface area contributed by atoms with Gasteiger partial charge in [0.1, 0.15) is 0 Å². The van der Waals surface area contributed by atoms with Gasteiger partial charge in [-0.05, 0) is 6.92 Å². The number of alkyl halides is 1. The Balaban J connectivity index is 3.14. The highest BCUT2D eigenvalue weighted by Crippen LogP contribution is 2.35. The van der Waals surface area contributed by atoms with Crippen LogP contribution in [0, 0.1) is 10.1 Å². The normalized spacial score (nSPS) is 44.3. The maximum absolute atomic E-state index is 13.6. The smallest absolute Gasteiger partial charge is 0.278 e. The van der Waals surface area contributed by atoms with Crippen LogP contribution in [0.3, 0.4) is 0 Å². The fraction of sp³-hybridized carbons (Fsp3) is 1.00. The van der Waals surface area contributed by atoms with Gasteiger partial charge < -0.3 is 14.2 Å². The lowest BCUT2D eigenvalue weighted by Gasteiger charge is -2.43. The lowest BCUT2D eigenvalue weighted by molar-refractivity contribution is -0.607. The van der Waals surface area contributed by atoms with Gasteiger partial charge in [-0.1, -0.05) is 0 Å². The molecule has 6 nitrogen and oxygen atoms in total. The van der Waals surface area contributed by atoms with Crippen LogP contribution in [-0.4, -0.2) is 49.4 Å². The first-order valence-corrected chi connectivity index (χ1v) is 4.89. The van der Waals surface area contributed by atoms with Crippen LogP contribution in [0.2, 0.25) is 0 Å². The first-order valence-electron chi connectivity index (χ1n) is 4.89. The van der Waals surface area contributed by atoms with Gasteiger partial charge in [0.2, 0.25) is 6.36 Å². The minimum Gasteiger partial charge on any atom is -0.371 e. The number of nitrogens with zero attached hydrogens (tertiary/aromatic N) is 1. The molecule has 1 fully saturated rings. The van der Waals surface area contributed by atoms with Crippen LogP contribution in [0.1, 0.15) is 13.8 Å². The van der Waals surface area contributed by atoms with Crippen LogP contribution in [0.4, 0.5) is 4.39 Å². The van der Waals surface area contributed by atoms with Crippen molar-refractivity contribution >= 4 is 0 Å². The molecule has 1 aliphatic rings. The first kappa shape index (κ1) is 13.3. The molecule has 1 aliphatic heterocycles. The fourth-order valence-electron chi connectivity index (χ4n) is 2.23. The number of hydrogen-bond donors (Lipinski definition) is 0. The Kier molecular flexibility index (Phi) is 3.82. The minimum atomic E-state index is -1.83. The first-order chi connectivity index (χ1) is 7.39. The monoisotopic (exact) mass is 237 g/mol. The van der Waals surface area contributed by atoms with Gasteiger partial charge in [0.25, 0.3) is 5.54 Å². The maximum atomic E-state index is 13.6. The SMILES string of the molecule is CO[C@@H]1[C@@H](F)O[C@@H](C)[C@H](OC)[C@]1(C)[N+](=O)[O-]. The predicted octanol–water partition coefficient (Wildman–Crippen LogP) is 0.766. The molecule has 0 N–H and O–H groups in total. The Labute approximate surface area is 92.8 Å². The molecule has 0 unspecified atom stereocenters. The molecule has 0 amide bonds. The van der Waals surface area contributed by atoms with Crippen LogP contribution < -0.4 is 0 Å². The summed E-state index contributed by atoms with van der Waals surface area (Å²) in [7, 11) is 2.54. The van der Waals surface area contributed by atoms with Gasteiger partial charge in [-0.15, -0.1) is 0 Å². The molecule has 0 aliphatic carbocycles. The quantitative estimate of drug-likeness (QED) is 0.535. The summed E-state index contributed by atoms with van der Waals surface area (Å²) in [6, 6.07) is 0. The summed E-state index contributed by atoms with van der Waals surface area (Å²) in [4.78, 5) is 10.6. The second-order valence-electron chi connectivity index (χ2n) is 3.99. The van der Waals surface area contributed by atoms with Gasteiger partial charge in [0.05, 0.1) is 6.10 Å². The highest BCUT2D eigenvalue weighted by molar-refractivity contribution is 4.99. The van der Waals surface area contributed by atoms with Crippen molar-refractivity contribution in [2.75, 3.05) is 14.2 Å². The van der Waals surface area contributed by atoms with Crippen molar-refractivity contribution in [3.05, 3.63) is 10.1 Å². The molecule has 0 aromatic carbocycles. The summed E-state index contributed by atoms with van der Waals surface area (Å²) in [5, 5.41) is 11.1. The third-order valence-corrected chi connectivity index (χ3v) is 3.06. The average molecular weight is 237 g/mol. The lowest BCUT2D eigenvalue weighted by atomic mass is 9.83. The van der Waals surface area contributed by atoms with Gasteiger partial charge >= 0.3 is 0 Å². The lowest BCUT2D eigenvalue weighted by Crippen LogP contribution is -2.67. The van der Waals surface area contributed by atoms with Gasteiger partial charge in [0, 0.05) is 26.1 Å². The Morgan fingerprint density at radius 3 is 2.25 bits per heavy atom. The van der Waals surface area contributed by atoms with Crippen molar-refractivity contribution in [3.8, 4) is 0 Å². The van der Waals surface area contributed by atoms with E-state index in [1.165, 1.54) is 28.1 Å². The van der Waals surface area contributed by atoms with Crippen molar-refractivity contribution in [2.45, 2.75) is 44.1 Å². The van der Waals surface area contributed by atoms with E-state index in [0.29, 0.717) is 0 Å². The average Bonchev–Trinajstić information content (AvgIpc) is 2.17. The minimum absolute atomic E-state index is 0.569. The number of nitro groups is 1. The molecule has 1 saturated heterocycles. The van der Waals surface area contributed by atoms with E-state index >= 15 is 0 Å².